The zero-order chi connectivity index (χ0) is 15.2. The summed E-state index contributed by atoms with van der Waals surface area (Å²) in [5.41, 5.74) is 8.36. The molecular weight excluding hydrogens is 403 g/mol. The van der Waals surface area contributed by atoms with Gasteiger partial charge in [0.2, 0.25) is 0 Å². The van der Waals surface area contributed by atoms with Crippen LogP contribution in [0.25, 0.3) is 0 Å². The molecular formula is C17H21IN4O. The van der Waals surface area contributed by atoms with Gasteiger partial charge >= 0.3 is 0 Å². The lowest BCUT2D eigenvalue weighted by Gasteiger charge is -2.26. The molecule has 0 aliphatic carbocycles. The van der Waals surface area contributed by atoms with Crippen LogP contribution in [-0.2, 0) is 6.42 Å². The van der Waals surface area contributed by atoms with E-state index in [1.54, 1.807) is 12.4 Å². The summed E-state index contributed by atoms with van der Waals surface area (Å²) in [5, 5.41) is 3.30. The summed E-state index contributed by atoms with van der Waals surface area (Å²) in [6.45, 7) is 1.35. The van der Waals surface area contributed by atoms with Crippen molar-refractivity contribution >= 4 is 29.9 Å². The fraction of sp³-hybridized carbons (Fsp3) is 0.294. The molecule has 0 saturated carbocycles. The van der Waals surface area contributed by atoms with Crippen molar-refractivity contribution in [1.82, 2.24) is 10.3 Å². The Morgan fingerprint density at radius 2 is 2.04 bits per heavy atom. The Morgan fingerprint density at radius 3 is 2.87 bits per heavy atom. The molecule has 5 nitrogen and oxygen atoms in total. The summed E-state index contributed by atoms with van der Waals surface area (Å²) in [6.07, 6.45) is 5.33. The second-order valence-corrected chi connectivity index (χ2v) is 5.24. The van der Waals surface area contributed by atoms with Gasteiger partial charge in [-0.15, -0.1) is 24.0 Å². The number of nitrogens with zero attached hydrogens (tertiary/aromatic N) is 2. The Kier molecular flexibility index (Phi) is 6.64. The number of nitrogens with one attached hydrogen (secondary N) is 1. The fourth-order valence-electron chi connectivity index (χ4n) is 2.57. The highest BCUT2D eigenvalue weighted by Gasteiger charge is 2.20. The van der Waals surface area contributed by atoms with Crippen LogP contribution in [0.5, 0.6) is 5.75 Å². The van der Waals surface area contributed by atoms with E-state index in [0.29, 0.717) is 19.1 Å². The second kappa shape index (κ2) is 8.71. The first-order valence-corrected chi connectivity index (χ1v) is 7.50. The molecule has 1 aromatic carbocycles. The van der Waals surface area contributed by atoms with Crippen molar-refractivity contribution in [3.05, 3.63) is 59.9 Å². The largest absolute Gasteiger partial charge is 0.493 e. The van der Waals surface area contributed by atoms with E-state index in [0.717, 1.165) is 24.2 Å². The second-order valence-electron chi connectivity index (χ2n) is 5.24. The quantitative estimate of drug-likeness (QED) is 0.450. The van der Waals surface area contributed by atoms with Crippen LogP contribution in [0.4, 0.5) is 0 Å². The van der Waals surface area contributed by atoms with E-state index < -0.39 is 0 Å². The molecule has 0 fully saturated rings. The van der Waals surface area contributed by atoms with Crippen LogP contribution in [0, 0.1) is 0 Å². The number of nitrogens with two attached hydrogens (primary N) is 1. The van der Waals surface area contributed by atoms with Crippen molar-refractivity contribution < 1.29 is 4.74 Å². The summed E-state index contributed by atoms with van der Waals surface area (Å²) in [6, 6.07) is 12.2. The third kappa shape index (κ3) is 4.82. The van der Waals surface area contributed by atoms with Gasteiger partial charge in [0.15, 0.2) is 5.96 Å². The molecule has 122 valence electrons. The molecule has 1 unspecified atom stereocenters. The molecule has 1 aliphatic rings. The minimum absolute atomic E-state index is 0. The monoisotopic (exact) mass is 424 g/mol. The maximum atomic E-state index is 6.01. The standard InChI is InChI=1S/C17H20N4O.HI/c18-17(20-11-7-13-5-9-19-10-6-13)21-15-8-12-22-16-4-2-1-3-14(15)16;/h1-6,9-10,15H,7-8,11-12H2,(H3,18,20,21);1H. The van der Waals surface area contributed by atoms with Crippen molar-refractivity contribution in [3.63, 3.8) is 0 Å². The SMILES string of the molecule is I.NC(=NCCc1ccncc1)NC1CCOc2ccccc21. The van der Waals surface area contributed by atoms with Crippen LogP contribution >= 0.6 is 24.0 Å². The highest BCUT2D eigenvalue weighted by Crippen LogP contribution is 2.31. The van der Waals surface area contributed by atoms with E-state index in [2.05, 4.69) is 21.4 Å². The number of hydrogen-bond donors (Lipinski definition) is 2. The number of fused-ring (bicyclic) bond motifs is 1. The average Bonchev–Trinajstić information content (AvgIpc) is 2.56. The topological polar surface area (TPSA) is 72.5 Å². The number of guanidine groups is 1. The molecule has 6 heteroatoms. The van der Waals surface area contributed by atoms with Gasteiger partial charge < -0.3 is 15.8 Å². The molecule has 3 rings (SSSR count). The number of benzene rings is 1. The lowest BCUT2D eigenvalue weighted by Crippen LogP contribution is -2.37. The first-order valence-electron chi connectivity index (χ1n) is 7.50. The Labute approximate surface area is 153 Å². The Morgan fingerprint density at radius 1 is 1.26 bits per heavy atom. The van der Waals surface area contributed by atoms with Gasteiger partial charge in [0.25, 0.3) is 0 Å². The van der Waals surface area contributed by atoms with Crippen molar-refractivity contribution in [1.29, 1.82) is 0 Å². The number of para-hydroxylation sites is 1. The maximum Gasteiger partial charge on any atom is 0.189 e. The highest BCUT2D eigenvalue weighted by molar-refractivity contribution is 14.0. The van der Waals surface area contributed by atoms with E-state index in [9.17, 15) is 0 Å². The van der Waals surface area contributed by atoms with E-state index >= 15 is 0 Å². The zero-order valence-corrected chi connectivity index (χ0v) is 15.1. The normalized spacial score (nSPS) is 16.7. The van der Waals surface area contributed by atoms with Crippen molar-refractivity contribution in [3.8, 4) is 5.75 Å². The third-order valence-electron chi connectivity index (χ3n) is 3.71. The van der Waals surface area contributed by atoms with Gasteiger partial charge in [-0.2, -0.15) is 0 Å². The van der Waals surface area contributed by atoms with Gasteiger partial charge in [0, 0.05) is 30.9 Å². The van der Waals surface area contributed by atoms with Gasteiger partial charge in [-0.1, -0.05) is 18.2 Å². The molecule has 3 N–H and O–H groups in total. The Balaban J connectivity index is 0.00000192. The van der Waals surface area contributed by atoms with Crippen LogP contribution < -0.4 is 15.8 Å². The number of aliphatic imine (C=N–C) groups is 1. The average molecular weight is 424 g/mol. The Bertz CT molecular complexity index is 648. The van der Waals surface area contributed by atoms with Crippen LogP contribution in [0.3, 0.4) is 0 Å². The smallest absolute Gasteiger partial charge is 0.189 e. The maximum absolute atomic E-state index is 6.01. The van der Waals surface area contributed by atoms with E-state index in [1.807, 2.05) is 30.3 Å². The molecule has 0 amide bonds. The van der Waals surface area contributed by atoms with E-state index in [-0.39, 0.29) is 30.0 Å². The molecule has 1 aliphatic heterocycles. The van der Waals surface area contributed by atoms with Crippen molar-refractivity contribution in [2.24, 2.45) is 10.7 Å². The van der Waals surface area contributed by atoms with Crippen LogP contribution in [-0.4, -0.2) is 24.1 Å². The lowest BCUT2D eigenvalue weighted by molar-refractivity contribution is 0.262. The van der Waals surface area contributed by atoms with Gasteiger partial charge in [0.1, 0.15) is 5.75 Å². The molecule has 2 heterocycles. The summed E-state index contributed by atoms with van der Waals surface area (Å²) >= 11 is 0. The Hall–Kier alpha value is -1.83. The highest BCUT2D eigenvalue weighted by atomic mass is 127. The summed E-state index contributed by atoms with van der Waals surface area (Å²) in [5.74, 6) is 1.41. The molecule has 0 bridgehead atoms. The zero-order valence-electron chi connectivity index (χ0n) is 12.8. The number of pyridine rings is 1. The number of halogens is 1. The first kappa shape index (κ1) is 17.5. The van der Waals surface area contributed by atoms with E-state index in [4.69, 9.17) is 10.5 Å². The number of ether oxygens (including phenoxy) is 1. The fourth-order valence-corrected chi connectivity index (χ4v) is 2.57. The number of aromatic nitrogens is 1. The van der Waals surface area contributed by atoms with Gasteiger partial charge in [0.05, 0.1) is 12.6 Å². The summed E-state index contributed by atoms with van der Waals surface area (Å²) < 4.78 is 5.65. The lowest BCUT2D eigenvalue weighted by atomic mass is 10.0. The molecule has 23 heavy (non-hydrogen) atoms. The number of hydrogen-bond acceptors (Lipinski definition) is 3. The van der Waals surface area contributed by atoms with Gasteiger partial charge in [-0.3, -0.25) is 9.98 Å². The van der Waals surface area contributed by atoms with Crippen LogP contribution in [0.1, 0.15) is 23.6 Å². The van der Waals surface area contributed by atoms with Gasteiger partial charge in [-0.25, -0.2) is 0 Å². The summed E-state index contributed by atoms with van der Waals surface area (Å²) in [7, 11) is 0. The predicted octanol–water partition coefficient (Wildman–Crippen LogP) is 2.67. The minimum atomic E-state index is 0. The molecule has 2 aromatic rings. The van der Waals surface area contributed by atoms with Crippen molar-refractivity contribution in [2.45, 2.75) is 18.9 Å². The van der Waals surface area contributed by atoms with Crippen LogP contribution in [0.2, 0.25) is 0 Å². The molecule has 0 saturated heterocycles. The molecule has 1 atom stereocenters. The molecule has 0 radical (unpaired) electrons. The minimum Gasteiger partial charge on any atom is -0.493 e. The van der Waals surface area contributed by atoms with Crippen LogP contribution in [0.15, 0.2) is 53.8 Å². The predicted molar refractivity (Wildman–Crippen MR) is 102 cm³/mol. The molecule has 1 aromatic heterocycles. The summed E-state index contributed by atoms with van der Waals surface area (Å²) in [4.78, 5) is 8.41. The third-order valence-corrected chi connectivity index (χ3v) is 3.71. The van der Waals surface area contributed by atoms with Gasteiger partial charge in [-0.05, 0) is 30.2 Å². The van der Waals surface area contributed by atoms with E-state index in [1.165, 1.54) is 5.56 Å². The number of rotatable bonds is 4. The van der Waals surface area contributed by atoms with Crippen molar-refractivity contribution in [2.75, 3.05) is 13.2 Å². The first-order chi connectivity index (χ1) is 10.8. The molecule has 0 spiro atoms.